The molecule has 1 aliphatic carbocycles. The summed E-state index contributed by atoms with van der Waals surface area (Å²) < 4.78 is 11.2. The summed E-state index contributed by atoms with van der Waals surface area (Å²) in [6.07, 6.45) is 9.93. The number of pyridine rings is 1. The van der Waals surface area contributed by atoms with E-state index in [1.165, 1.54) is 38.5 Å². The first-order valence-electron chi connectivity index (χ1n) is 11.1. The molecule has 1 aliphatic heterocycles. The lowest BCUT2D eigenvalue weighted by Crippen LogP contribution is -2.47. The van der Waals surface area contributed by atoms with E-state index in [1.807, 2.05) is 30.5 Å². The van der Waals surface area contributed by atoms with Gasteiger partial charge >= 0.3 is 5.97 Å². The fourth-order valence-electron chi connectivity index (χ4n) is 5.28. The van der Waals surface area contributed by atoms with Gasteiger partial charge in [0.05, 0.1) is 18.3 Å². The van der Waals surface area contributed by atoms with Gasteiger partial charge in [-0.25, -0.2) is 4.79 Å². The number of hydrogen-bond acceptors (Lipinski definition) is 5. The van der Waals surface area contributed by atoms with Crippen molar-refractivity contribution in [3.05, 3.63) is 65.5 Å². The highest BCUT2D eigenvalue weighted by molar-refractivity contribution is 5.89. The van der Waals surface area contributed by atoms with E-state index in [0.717, 1.165) is 44.5 Å². The number of esters is 1. The Morgan fingerprint density at radius 2 is 2.03 bits per heavy atom. The van der Waals surface area contributed by atoms with Crippen LogP contribution in [0, 0.1) is 0 Å². The van der Waals surface area contributed by atoms with Crippen molar-refractivity contribution in [2.24, 2.45) is 0 Å². The molecule has 1 N–H and O–H groups in total. The molecule has 2 aliphatic rings. The van der Waals surface area contributed by atoms with Crippen LogP contribution in [-0.4, -0.2) is 36.8 Å². The van der Waals surface area contributed by atoms with Crippen LogP contribution in [-0.2, 0) is 21.4 Å². The van der Waals surface area contributed by atoms with E-state index in [-0.39, 0.29) is 17.0 Å². The molecule has 2 aromatic rings. The second kappa shape index (κ2) is 9.27. The Morgan fingerprint density at radius 1 is 1.17 bits per heavy atom. The summed E-state index contributed by atoms with van der Waals surface area (Å²) in [5, 5.41) is 3.59. The SMILES string of the molecule is COC(=O)c1cccc(CNCC[C@@]2(c3ccccn3)CCOC3(CCCC3)C2)c1. The molecule has 30 heavy (non-hydrogen) atoms. The van der Waals surface area contributed by atoms with Gasteiger partial charge in [-0.2, -0.15) is 0 Å². The molecule has 0 radical (unpaired) electrons. The maximum atomic E-state index is 11.8. The van der Waals surface area contributed by atoms with Crippen LogP contribution in [0.5, 0.6) is 0 Å². The molecule has 1 aromatic carbocycles. The summed E-state index contributed by atoms with van der Waals surface area (Å²) >= 11 is 0. The molecular formula is C25H32N2O3. The van der Waals surface area contributed by atoms with Gasteiger partial charge in [-0.05, 0) is 68.5 Å². The Morgan fingerprint density at radius 3 is 2.80 bits per heavy atom. The summed E-state index contributed by atoms with van der Waals surface area (Å²) in [6, 6.07) is 13.9. The minimum Gasteiger partial charge on any atom is -0.465 e. The van der Waals surface area contributed by atoms with Gasteiger partial charge in [-0.15, -0.1) is 0 Å². The minimum absolute atomic E-state index is 0.0462. The largest absolute Gasteiger partial charge is 0.465 e. The maximum absolute atomic E-state index is 11.8. The number of nitrogens with zero attached hydrogens (tertiary/aromatic N) is 1. The van der Waals surface area contributed by atoms with Gasteiger partial charge in [0.15, 0.2) is 0 Å². The Hall–Kier alpha value is -2.24. The lowest BCUT2D eigenvalue weighted by molar-refractivity contribution is -0.104. The summed E-state index contributed by atoms with van der Waals surface area (Å²) in [4.78, 5) is 16.5. The van der Waals surface area contributed by atoms with Crippen LogP contribution in [0.2, 0.25) is 0 Å². The Kier molecular flexibility index (Phi) is 6.49. The number of ether oxygens (including phenoxy) is 2. The second-order valence-electron chi connectivity index (χ2n) is 8.78. The van der Waals surface area contributed by atoms with Crippen molar-refractivity contribution >= 4 is 5.97 Å². The predicted octanol–water partition coefficient (Wildman–Crippen LogP) is 4.41. The van der Waals surface area contributed by atoms with Crippen LogP contribution in [0.3, 0.4) is 0 Å². The summed E-state index contributed by atoms with van der Waals surface area (Å²) in [6.45, 7) is 2.44. The van der Waals surface area contributed by atoms with Gasteiger partial charge in [-0.3, -0.25) is 4.98 Å². The molecule has 4 rings (SSSR count). The second-order valence-corrected chi connectivity index (χ2v) is 8.78. The van der Waals surface area contributed by atoms with E-state index in [1.54, 1.807) is 6.07 Å². The van der Waals surface area contributed by atoms with Crippen LogP contribution in [0.25, 0.3) is 0 Å². The van der Waals surface area contributed by atoms with Gasteiger partial charge in [0.1, 0.15) is 0 Å². The molecule has 0 unspecified atom stereocenters. The van der Waals surface area contributed by atoms with Crippen LogP contribution < -0.4 is 5.32 Å². The Labute approximate surface area is 179 Å². The predicted molar refractivity (Wildman–Crippen MR) is 116 cm³/mol. The number of nitrogens with one attached hydrogen (secondary N) is 1. The van der Waals surface area contributed by atoms with E-state index in [0.29, 0.717) is 5.56 Å². The summed E-state index contributed by atoms with van der Waals surface area (Å²) in [7, 11) is 1.41. The van der Waals surface area contributed by atoms with E-state index >= 15 is 0 Å². The van der Waals surface area contributed by atoms with Crippen LogP contribution in [0.4, 0.5) is 0 Å². The van der Waals surface area contributed by atoms with Crippen molar-refractivity contribution in [3.8, 4) is 0 Å². The molecule has 2 heterocycles. The maximum Gasteiger partial charge on any atom is 0.337 e. The highest BCUT2D eigenvalue weighted by Crippen LogP contribution is 2.49. The standard InChI is InChI=1S/C25H32N2O3/c1-29-23(28)21-8-6-7-20(17-21)18-26-15-12-24(22-9-2-5-14-27-22)13-16-30-25(19-24)10-3-4-11-25/h2,5-9,14,17,26H,3-4,10-13,15-16,18-19H2,1H3/t24-/m1/s1. The number of carbonyl (C=O) groups excluding carboxylic acids is 1. The molecule has 5 heteroatoms. The molecule has 0 bridgehead atoms. The minimum atomic E-state index is -0.296. The third-order valence-electron chi connectivity index (χ3n) is 6.83. The topological polar surface area (TPSA) is 60.5 Å². The van der Waals surface area contributed by atoms with Gasteiger partial charge in [-0.1, -0.05) is 31.0 Å². The quantitative estimate of drug-likeness (QED) is 0.543. The monoisotopic (exact) mass is 408 g/mol. The molecule has 160 valence electrons. The fraction of sp³-hybridized carbons (Fsp3) is 0.520. The van der Waals surface area contributed by atoms with Crippen molar-refractivity contribution in [1.82, 2.24) is 10.3 Å². The third kappa shape index (κ3) is 4.57. The Bertz CT molecular complexity index is 848. The lowest BCUT2D eigenvalue weighted by atomic mass is 9.68. The summed E-state index contributed by atoms with van der Waals surface area (Å²) in [5.74, 6) is -0.296. The lowest BCUT2D eigenvalue weighted by Gasteiger charge is -2.46. The number of hydrogen-bond donors (Lipinski definition) is 1. The van der Waals surface area contributed by atoms with E-state index in [4.69, 9.17) is 14.5 Å². The third-order valence-corrected chi connectivity index (χ3v) is 6.83. The number of carbonyl (C=O) groups is 1. The van der Waals surface area contributed by atoms with Gasteiger partial charge in [0.25, 0.3) is 0 Å². The number of benzene rings is 1. The first-order valence-corrected chi connectivity index (χ1v) is 11.1. The smallest absolute Gasteiger partial charge is 0.337 e. The van der Waals surface area contributed by atoms with Crippen molar-refractivity contribution in [2.75, 3.05) is 20.3 Å². The first-order chi connectivity index (χ1) is 14.6. The Balaban J connectivity index is 1.43. The molecule has 0 amide bonds. The molecule has 1 aromatic heterocycles. The van der Waals surface area contributed by atoms with Crippen LogP contribution >= 0.6 is 0 Å². The number of rotatable bonds is 7. The molecular weight excluding hydrogens is 376 g/mol. The molecule has 1 saturated carbocycles. The molecule has 1 spiro atoms. The molecule has 1 atom stereocenters. The van der Waals surface area contributed by atoms with Gasteiger partial charge in [0.2, 0.25) is 0 Å². The fourth-order valence-corrected chi connectivity index (χ4v) is 5.28. The zero-order chi connectivity index (χ0) is 20.9. The van der Waals surface area contributed by atoms with Crippen LogP contribution in [0.1, 0.15) is 66.6 Å². The van der Waals surface area contributed by atoms with Crippen LogP contribution in [0.15, 0.2) is 48.7 Å². The average molecular weight is 409 g/mol. The normalized spacial score (nSPS) is 22.8. The van der Waals surface area contributed by atoms with Crippen molar-refractivity contribution < 1.29 is 14.3 Å². The van der Waals surface area contributed by atoms with Crippen molar-refractivity contribution in [3.63, 3.8) is 0 Å². The van der Waals surface area contributed by atoms with E-state index in [2.05, 4.69) is 17.4 Å². The van der Waals surface area contributed by atoms with Gasteiger partial charge in [0, 0.05) is 30.5 Å². The highest BCUT2D eigenvalue weighted by Gasteiger charge is 2.48. The van der Waals surface area contributed by atoms with E-state index in [9.17, 15) is 4.79 Å². The molecule has 5 nitrogen and oxygen atoms in total. The van der Waals surface area contributed by atoms with Crippen molar-refractivity contribution in [2.45, 2.75) is 62.5 Å². The van der Waals surface area contributed by atoms with Gasteiger partial charge < -0.3 is 14.8 Å². The molecule has 2 fully saturated rings. The van der Waals surface area contributed by atoms with Crippen molar-refractivity contribution in [1.29, 1.82) is 0 Å². The average Bonchev–Trinajstić information content (AvgIpc) is 3.24. The van der Waals surface area contributed by atoms with E-state index < -0.39 is 0 Å². The number of methoxy groups -OCH3 is 1. The summed E-state index contributed by atoms with van der Waals surface area (Å²) in [5.41, 5.74) is 2.99. The number of aromatic nitrogens is 1. The zero-order valence-corrected chi connectivity index (χ0v) is 17.9. The first kappa shape index (κ1) is 21.0. The zero-order valence-electron chi connectivity index (χ0n) is 17.9. The molecule has 1 saturated heterocycles. The highest BCUT2D eigenvalue weighted by atomic mass is 16.5.